The van der Waals surface area contributed by atoms with Gasteiger partial charge in [-0.3, -0.25) is 14.4 Å². The summed E-state index contributed by atoms with van der Waals surface area (Å²) < 4.78 is 47.4. The number of nitrogens with one attached hydrogen (secondary N) is 2. The second kappa shape index (κ2) is 7.85. The van der Waals surface area contributed by atoms with Crippen LogP contribution in [0.2, 0.25) is 0 Å². The first kappa shape index (κ1) is 20.6. The second-order valence-corrected chi connectivity index (χ2v) is 7.18. The van der Waals surface area contributed by atoms with Gasteiger partial charge in [0.25, 0.3) is 5.91 Å². The molecule has 4 aromatic rings. The van der Waals surface area contributed by atoms with Gasteiger partial charge in [0.2, 0.25) is 5.95 Å². The molecule has 0 spiro atoms. The Hall–Kier alpha value is -3.71. The SMILES string of the molecule is COc1ccn2c(-c3ccnc(Nc4ccc(C(=O)NO)s4)n3)c(C(F)(F)F)nc2c1. The first-order valence-electron chi connectivity index (χ1n) is 8.58. The molecule has 13 heteroatoms. The summed E-state index contributed by atoms with van der Waals surface area (Å²) in [4.78, 5) is 23.6. The number of ether oxygens (including phenoxy) is 1. The zero-order valence-electron chi connectivity index (χ0n) is 15.6. The molecule has 0 aromatic carbocycles. The Balaban J connectivity index is 1.76. The zero-order chi connectivity index (χ0) is 22.2. The lowest BCUT2D eigenvalue weighted by Gasteiger charge is -2.09. The van der Waals surface area contributed by atoms with Gasteiger partial charge in [-0.1, -0.05) is 0 Å². The van der Waals surface area contributed by atoms with Crippen molar-refractivity contribution >= 4 is 33.8 Å². The number of hydrogen-bond donors (Lipinski definition) is 3. The number of halogens is 3. The van der Waals surface area contributed by atoms with Crippen molar-refractivity contribution in [2.45, 2.75) is 6.18 Å². The van der Waals surface area contributed by atoms with Crippen LogP contribution in [-0.4, -0.2) is 37.6 Å². The van der Waals surface area contributed by atoms with Crippen molar-refractivity contribution in [1.29, 1.82) is 0 Å². The number of hydrogen-bond acceptors (Lipinski definition) is 8. The van der Waals surface area contributed by atoms with Crippen LogP contribution in [0.4, 0.5) is 24.1 Å². The number of nitrogens with zero attached hydrogens (tertiary/aromatic N) is 4. The molecule has 4 rings (SSSR count). The molecule has 31 heavy (non-hydrogen) atoms. The Kier molecular flexibility index (Phi) is 5.20. The number of anilines is 2. The number of fused-ring (bicyclic) bond motifs is 1. The molecule has 1 amide bonds. The van der Waals surface area contributed by atoms with Crippen molar-refractivity contribution in [3.63, 3.8) is 0 Å². The van der Waals surface area contributed by atoms with Crippen molar-refractivity contribution in [2.24, 2.45) is 0 Å². The Morgan fingerprint density at radius 1 is 1.23 bits per heavy atom. The molecular weight excluding hydrogens is 437 g/mol. The van der Waals surface area contributed by atoms with E-state index in [9.17, 15) is 18.0 Å². The van der Waals surface area contributed by atoms with E-state index in [0.29, 0.717) is 10.8 Å². The molecule has 4 aromatic heterocycles. The zero-order valence-corrected chi connectivity index (χ0v) is 16.5. The molecule has 9 nitrogen and oxygen atoms in total. The van der Waals surface area contributed by atoms with E-state index < -0.39 is 17.8 Å². The number of thiophene rings is 1. The minimum atomic E-state index is -4.71. The Morgan fingerprint density at radius 2 is 2.03 bits per heavy atom. The molecule has 0 aliphatic heterocycles. The van der Waals surface area contributed by atoms with Crippen molar-refractivity contribution in [3.8, 4) is 17.1 Å². The fraction of sp³-hybridized carbons (Fsp3) is 0.111. The van der Waals surface area contributed by atoms with Crippen LogP contribution in [0.5, 0.6) is 5.75 Å². The molecule has 0 aliphatic rings. The molecule has 0 unspecified atom stereocenters. The van der Waals surface area contributed by atoms with E-state index in [2.05, 4.69) is 20.3 Å². The number of amides is 1. The van der Waals surface area contributed by atoms with Crippen LogP contribution in [0.15, 0.2) is 42.7 Å². The molecule has 0 bridgehead atoms. The predicted molar refractivity (Wildman–Crippen MR) is 105 cm³/mol. The Morgan fingerprint density at radius 3 is 2.74 bits per heavy atom. The maximum atomic E-state index is 13.7. The average Bonchev–Trinajstić information content (AvgIpc) is 3.37. The quantitative estimate of drug-likeness (QED) is 0.314. The smallest absolute Gasteiger partial charge is 0.435 e. The minimum Gasteiger partial charge on any atom is -0.497 e. The van der Waals surface area contributed by atoms with Crippen molar-refractivity contribution < 1.29 is 27.9 Å². The number of carbonyl (C=O) groups excluding carboxylic acids is 1. The highest BCUT2D eigenvalue weighted by Crippen LogP contribution is 2.37. The van der Waals surface area contributed by atoms with E-state index in [4.69, 9.17) is 9.94 Å². The van der Waals surface area contributed by atoms with E-state index >= 15 is 0 Å². The third-order valence-electron chi connectivity index (χ3n) is 4.17. The maximum Gasteiger partial charge on any atom is 0.435 e. The summed E-state index contributed by atoms with van der Waals surface area (Å²) in [6, 6.07) is 7.25. The van der Waals surface area contributed by atoms with Gasteiger partial charge in [0, 0.05) is 18.5 Å². The molecule has 0 saturated carbocycles. The summed E-state index contributed by atoms with van der Waals surface area (Å²) in [5, 5.41) is 12.0. The Bertz CT molecular complexity index is 1270. The predicted octanol–water partition coefficient (Wildman–Crippen LogP) is 3.74. The third kappa shape index (κ3) is 4.00. The molecule has 3 N–H and O–H groups in total. The van der Waals surface area contributed by atoms with Gasteiger partial charge in [-0.2, -0.15) is 13.2 Å². The number of aromatic nitrogens is 4. The van der Waals surface area contributed by atoms with Gasteiger partial charge in [-0.05, 0) is 24.3 Å². The summed E-state index contributed by atoms with van der Waals surface area (Å²) in [7, 11) is 1.41. The highest BCUT2D eigenvalue weighted by atomic mass is 32.1. The number of hydroxylamine groups is 1. The molecule has 160 valence electrons. The third-order valence-corrected chi connectivity index (χ3v) is 5.17. The molecule has 0 saturated heterocycles. The van der Waals surface area contributed by atoms with Crippen LogP contribution < -0.4 is 15.5 Å². The summed E-state index contributed by atoms with van der Waals surface area (Å²) in [5.74, 6) is -0.307. The van der Waals surface area contributed by atoms with E-state index in [1.165, 1.54) is 53.6 Å². The van der Waals surface area contributed by atoms with E-state index in [-0.39, 0.29) is 27.9 Å². The number of methoxy groups -OCH3 is 1. The van der Waals surface area contributed by atoms with Crippen molar-refractivity contribution in [1.82, 2.24) is 24.8 Å². The molecule has 0 atom stereocenters. The average molecular weight is 450 g/mol. The maximum absolute atomic E-state index is 13.7. The lowest BCUT2D eigenvalue weighted by Crippen LogP contribution is -2.16. The van der Waals surface area contributed by atoms with E-state index in [1.54, 1.807) is 6.07 Å². The number of pyridine rings is 1. The molecule has 4 heterocycles. The van der Waals surface area contributed by atoms with Crippen LogP contribution in [0.1, 0.15) is 15.4 Å². The van der Waals surface area contributed by atoms with Crippen molar-refractivity contribution in [2.75, 3.05) is 12.4 Å². The molecule has 0 radical (unpaired) electrons. The summed E-state index contributed by atoms with van der Waals surface area (Å²) in [5.41, 5.74) is 0.219. The van der Waals surface area contributed by atoms with Crippen molar-refractivity contribution in [3.05, 3.63) is 53.3 Å². The van der Waals surface area contributed by atoms with Gasteiger partial charge in [-0.25, -0.2) is 20.4 Å². The Labute approximate surface area is 176 Å². The van der Waals surface area contributed by atoms with Gasteiger partial charge >= 0.3 is 6.18 Å². The van der Waals surface area contributed by atoms with Crippen LogP contribution >= 0.6 is 11.3 Å². The summed E-state index contributed by atoms with van der Waals surface area (Å²) >= 11 is 1.00. The van der Waals surface area contributed by atoms with Crippen LogP contribution in [0.25, 0.3) is 17.0 Å². The largest absolute Gasteiger partial charge is 0.497 e. The molecular formula is C18H13F3N6O3S. The van der Waals surface area contributed by atoms with Gasteiger partial charge in [-0.15, -0.1) is 11.3 Å². The number of alkyl halides is 3. The van der Waals surface area contributed by atoms with E-state index in [0.717, 1.165) is 11.3 Å². The van der Waals surface area contributed by atoms with Crippen LogP contribution in [-0.2, 0) is 6.18 Å². The summed E-state index contributed by atoms with van der Waals surface area (Å²) in [6.07, 6.45) is -1.99. The number of carbonyl (C=O) groups is 1. The highest BCUT2D eigenvalue weighted by molar-refractivity contribution is 7.18. The van der Waals surface area contributed by atoms with Gasteiger partial charge in [0.1, 0.15) is 17.1 Å². The lowest BCUT2D eigenvalue weighted by atomic mass is 10.2. The number of imidazole rings is 1. The van der Waals surface area contributed by atoms with Crippen LogP contribution in [0.3, 0.4) is 0 Å². The molecule has 0 fully saturated rings. The molecule has 0 aliphatic carbocycles. The first-order valence-corrected chi connectivity index (χ1v) is 9.40. The first-order chi connectivity index (χ1) is 14.8. The topological polar surface area (TPSA) is 114 Å². The summed E-state index contributed by atoms with van der Waals surface area (Å²) in [6.45, 7) is 0. The van der Waals surface area contributed by atoms with E-state index in [1.807, 2.05) is 0 Å². The lowest BCUT2D eigenvalue weighted by molar-refractivity contribution is -0.140. The highest BCUT2D eigenvalue weighted by Gasteiger charge is 2.39. The van der Waals surface area contributed by atoms with Gasteiger partial charge in [0.05, 0.1) is 22.7 Å². The fourth-order valence-corrected chi connectivity index (χ4v) is 3.63. The fourth-order valence-electron chi connectivity index (χ4n) is 2.84. The van der Waals surface area contributed by atoms with Gasteiger partial charge < -0.3 is 10.1 Å². The van der Waals surface area contributed by atoms with Crippen LogP contribution in [0, 0.1) is 0 Å². The minimum absolute atomic E-state index is 0.00706. The second-order valence-electron chi connectivity index (χ2n) is 6.10. The monoisotopic (exact) mass is 450 g/mol. The normalized spacial score (nSPS) is 11.5. The number of rotatable bonds is 5. The standard InChI is InChI=1S/C18H13F3N6O3S/c1-30-9-5-7-27-12(8-9)24-15(18(19,20)21)14(27)10-4-6-22-17(23-10)25-13-3-2-11(31-13)16(28)26-29/h2-8,29H,1H3,(H,26,28)(H,22,23,25). The van der Waals surface area contributed by atoms with Gasteiger partial charge in [0.15, 0.2) is 5.69 Å².